The minimum atomic E-state index is 0.865. The van der Waals surface area contributed by atoms with Crippen molar-refractivity contribution in [3.8, 4) is 0 Å². The van der Waals surface area contributed by atoms with E-state index in [1.807, 2.05) is 11.8 Å². The second kappa shape index (κ2) is 7.80. The molecule has 0 saturated heterocycles. The SMILES string of the molecule is CC(C)CCCSCC[S]. The van der Waals surface area contributed by atoms with Crippen LogP contribution in [0, 0.1) is 5.92 Å². The van der Waals surface area contributed by atoms with E-state index in [9.17, 15) is 0 Å². The lowest BCUT2D eigenvalue weighted by molar-refractivity contribution is 0.579. The predicted molar refractivity (Wildman–Crippen MR) is 53.9 cm³/mol. The molecule has 0 N–H and O–H groups in total. The van der Waals surface area contributed by atoms with Crippen LogP contribution in [0.2, 0.25) is 0 Å². The van der Waals surface area contributed by atoms with Crippen LogP contribution in [0.15, 0.2) is 0 Å². The minimum Gasteiger partial charge on any atom is -0.161 e. The molecule has 0 nitrogen and oxygen atoms in total. The topological polar surface area (TPSA) is 0 Å². The van der Waals surface area contributed by atoms with Gasteiger partial charge in [-0.1, -0.05) is 32.9 Å². The molecule has 61 valence electrons. The van der Waals surface area contributed by atoms with Crippen molar-refractivity contribution in [3.63, 3.8) is 0 Å². The van der Waals surface area contributed by atoms with Crippen molar-refractivity contribution in [2.45, 2.75) is 26.7 Å². The van der Waals surface area contributed by atoms with E-state index in [-0.39, 0.29) is 0 Å². The quantitative estimate of drug-likeness (QED) is 0.561. The standard InChI is InChI=1S/C8H17S2/c1-8(2)4-3-6-10-7-5-9/h8H,3-7H2,1-2H3. The van der Waals surface area contributed by atoms with Crippen LogP contribution in [0.5, 0.6) is 0 Å². The summed E-state index contributed by atoms with van der Waals surface area (Å²) in [6, 6.07) is 0. The molecule has 0 fully saturated rings. The monoisotopic (exact) mass is 177 g/mol. The van der Waals surface area contributed by atoms with Gasteiger partial charge in [-0.3, -0.25) is 0 Å². The lowest BCUT2D eigenvalue weighted by atomic mass is 10.1. The van der Waals surface area contributed by atoms with Crippen molar-refractivity contribution in [2.24, 2.45) is 5.92 Å². The van der Waals surface area contributed by atoms with E-state index < -0.39 is 0 Å². The van der Waals surface area contributed by atoms with E-state index in [0.717, 1.165) is 17.4 Å². The van der Waals surface area contributed by atoms with Crippen LogP contribution in [0.3, 0.4) is 0 Å². The molecule has 10 heavy (non-hydrogen) atoms. The number of hydrogen-bond acceptors (Lipinski definition) is 1. The Hall–Kier alpha value is 0.700. The molecule has 1 radical (unpaired) electrons. The summed E-state index contributed by atoms with van der Waals surface area (Å²) in [6.45, 7) is 4.55. The van der Waals surface area contributed by atoms with Crippen LogP contribution in [-0.4, -0.2) is 17.3 Å². The highest BCUT2D eigenvalue weighted by molar-refractivity contribution is 7.99. The smallest absolute Gasteiger partial charge is 0.0128 e. The Labute approximate surface area is 74.6 Å². The molecule has 0 bridgehead atoms. The summed E-state index contributed by atoms with van der Waals surface area (Å²) in [5.74, 6) is 4.23. The minimum absolute atomic E-state index is 0.865. The van der Waals surface area contributed by atoms with Crippen molar-refractivity contribution in [2.75, 3.05) is 17.3 Å². The van der Waals surface area contributed by atoms with E-state index in [1.165, 1.54) is 18.6 Å². The Kier molecular flexibility index (Phi) is 8.35. The zero-order valence-electron chi connectivity index (χ0n) is 6.93. The highest BCUT2D eigenvalue weighted by atomic mass is 32.2. The average Bonchev–Trinajstić information content (AvgIpc) is 1.87. The van der Waals surface area contributed by atoms with Crippen LogP contribution in [0.25, 0.3) is 0 Å². The zero-order chi connectivity index (χ0) is 7.82. The van der Waals surface area contributed by atoms with Gasteiger partial charge in [-0.15, -0.1) is 0 Å². The summed E-state index contributed by atoms with van der Waals surface area (Å²) in [5.41, 5.74) is 0. The third-order valence-corrected chi connectivity index (χ3v) is 2.83. The van der Waals surface area contributed by atoms with Gasteiger partial charge in [-0.2, -0.15) is 11.8 Å². The Bertz CT molecular complexity index is 62.3. The first kappa shape index (κ1) is 10.7. The first-order chi connectivity index (χ1) is 4.77. The van der Waals surface area contributed by atoms with Gasteiger partial charge in [0.25, 0.3) is 0 Å². The van der Waals surface area contributed by atoms with Crippen LogP contribution in [-0.2, 0) is 0 Å². The van der Waals surface area contributed by atoms with Crippen LogP contribution < -0.4 is 0 Å². The fourth-order valence-corrected chi connectivity index (χ4v) is 1.80. The van der Waals surface area contributed by atoms with E-state index in [1.54, 1.807) is 0 Å². The van der Waals surface area contributed by atoms with Gasteiger partial charge in [-0.25, -0.2) is 0 Å². The number of thioether (sulfide) groups is 1. The Morgan fingerprint density at radius 3 is 2.50 bits per heavy atom. The predicted octanol–water partition coefficient (Wildman–Crippen LogP) is 3.35. The number of rotatable bonds is 6. The molecule has 0 saturated carbocycles. The highest BCUT2D eigenvalue weighted by Crippen LogP contribution is 2.09. The Balaban J connectivity index is 2.77. The van der Waals surface area contributed by atoms with Gasteiger partial charge in [0.2, 0.25) is 0 Å². The molecule has 0 unspecified atom stereocenters. The first-order valence-corrected chi connectivity index (χ1v) is 5.66. The Morgan fingerprint density at radius 2 is 2.00 bits per heavy atom. The second-order valence-corrected chi connectivity index (χ2v) is 4.49. The molecule has 0 aliphatic rings. The summed E-state index contributed by atoms with van der Waals surface area (Å²) in [4.78, 5) is 0. The fourth-order valence-electron chi connectivity index (χ4n) is 0.755. The van der Waals surface area contributed by atoms with Gasteiger partial charge in [0.05, 0.1) is 0 Å². The van der Waals surface area contributed by atoms with Crippen molar-refractivity contribution in [3.05, 3.63) is 0 Å². The van der Waals surface area contributed by atoms with Crippen LogP contribution in [0.1, 0.15) is 26.7 Å². The summed E-state index contributed by atoms with van der Waals surface area (Å²) in [6.07, 6.45) is 2.72. The molecular formula is C8H17S2. The average molecular weight is 177 g/mol. The van der Waals surface area contributed by atoms with Gasteiger partial charge in [0, 0.05) is 11.5 Å². The van der Waals surface area contributed by atoms with E-state index in [0.29, 0.717) is 0 Å². The highest BCUT2D eigenvalue weighted by Gasteiger charge is 1.93. The molecule has 0 amide bonds. The van der Waals surface area contributed by atoms with E-state index >= 15 is 0 Å². The molecule has 0 aliphatic carbocycles. The van der Waals surface area contributed by atoms with Crippen molar-refractivity contribution < 1.29 is 0 Å². The normalized spacial score (nSPS) is 10.8. The van der Waals surface area contributed by atoms with Crippen molar-refractivity contribution in [1.29, 1.82) is 0 Å². The summed E-state index contributed by atoms with van der Waals surface area (Å²) in [5, 5.41) is 0. The molecule has 0 spiro atoms. The molecular weight excluding hydrogens is 160 g/mol. The summed E-state index contributed by atoms with van der Waals surface area (Å²) >= 11 is 6.82. The van der Waals surface area contributed by atoms with Gasteiger partial charge < -0.3 is 0 Å². The largest absolute Gasteiger partial charge is 0.161 e. The Morgan fingerprint density at radius 1 is 1.30 bits per heavy atom. The maximum Gasteiger partial charge on any atom is 0.0128 e. The zero-order valence-corrected chi connectivity index (χ0v) is 8.56. The molecule has 0 heterocycles. The van der Waals surface area contributed by atoms with Crippen molar-refractivity contribution >= 4 is 24.4 Å². The first-order valence-electron chi connectivity index (χ1n) is 3.93. The van der Waals surface area contributed by atoms with Gasteiger partial charge >= 0.3 is 0 Å². The van der Waals surface area contributed by atoms with Gasteiger partial charge in [0.1, 0.15) is 0 Å². The molecule has 0 aliphatic heterocycles. The molecule has 0 rings (SSSR count). The molecule has 0 atom stereocenters. The summed E-state index contributed by atoms with van der Waals surface area (Å²) < 4.78 is 0. The fraction of sp³-hybridized carbons (Fsp3) is 1.00. The molecule has 0 aromatic carbocycles. The molecule has 0 aromatic rings. The maximum absolute atomic E-state index is 4.83. The van der Waals surface area contributed by atoms with Gasteiger partial charge in [0.15, 0.2) is 0 Å². The maximum atomic E-state index is 4.83. The lowest BCUT2D eigenvalue weighted by Crippen LogP contribution is -1.90. The van der Waals surface area contributed by atoms with Crippen LogP contribution >= 0.6 is 24.4 Å². The number of hydrogen-bond donors (Lipinski definition) is 0. The second-order valence-electron chi connectivity index (χ2n) is 2.85. The van der Waals surface area contributed by atoms with Gasteiger partial charge in [-0.05, 0) is 18.1 Å². The third-order valence-electron chi connectivity index (χ3n) is 1.30. The van der Waals surface area contributed by atoms with E-state index in [2.05, 4.69) is 13.8 Å². The summed E-state index contributed by atoms with van der Waals surface area (Å²) in [7, 11) is 0. The van der Waals surface area contributed by atoms with E-state index in [4.69, 9.17) is 12.6 Å². The lowest BCUT2D eigenvalue weighted by Gasteiger charge is -2.02. The van der Waals surface area contributed by atoms with Crippen molar-refractivity contribution in [1.82, 2.24) is 0 Å². The molecule has 2 heteroatoms. The van der Waals surface area contributed by atoms with Crippen LogP contribution in [0.4, 0.5) is 0 Å². The third kappa shape index (κ3) is 8.70. The molecule has 0 aromatic heterocycles.